The molecule has 3 rings (SSSR count). The molecule has 174 valence electrons. The van der Waals surface area contributed by atoms with Crippen LogP contribution in [0.5, 0.6) is 11.5 Å². The smallest absolute Gasteiger partial charge is 0.337 e. The van der Waals surface area contributed by atoms with Gasteiger partial charge in [-0.1, -0.05) is 6.07 Å². The molecule has 1 heterocycles. The van der Waals surface area contributed by atoms with Gasteiger partial charge in [-0.25, -0.2) is 9.79 Å². The van der Waals surface area contributed by atoms with E-state index in [1.54, 1.807) is 29.2 Å². The van der Waals surface area contributed by atoms with Crippen LogP contribution >= 0.6 is 34.4 Å². The molecule has 0 saturated carbocycles. The molecule has 0 aliphatic carbocycles. The van der Waals surface area contributed by atoms with Gasteiger partial charge >= 0.3 is 5.97 Å². The maximum absolute atomic E-state index is 13.1. The number of aliphatic imine (C=N–C) groups is 1. The van der Waals surface area contributed by atoms with Crippen molar-refractivity contribution in [3.8, 4) is 11.5 Å². The molecule has 0 radical (unpaired) electrons. The number of hydrogen-bond donors (Lipinski definition) is 0. The number of carbonyl (C=O) groups is 2. The Morgan fingerprint density at radius 1 is 1.15 bits per heavy atom. The predicted octanol–water partition coefficient (Wildman–Crippen LogP) is 5.50. The van der Waals surface area contributed by atoms with Crippen LogP contribution in [0.2, 0.25) is 0 Å². The van der Waals surface area contributed by atoms with Crippen molar-refractivity contribution in [2.45, 2.75) is 20.8 Å². The lowest BCUT2D eigenvalue weighted by molar-refractivity contribution is -0.122. The Kier molecular flexibility index (Phi) is 8.79. The highest BCUT2D eigenvalue weighted by atomic mass is 127. The SMILES string of the molecule is CCOc1cc(C=C2SC(=Nc3cccc(C(=O)OC)c3)N(CC)C2=O)cc(I)c1OCC. The molecule has 0 spiro atoms. The lowest BCUT2D eigenvalue weighted by atomic mass is 10.2. The van der Waals surface area contributed by atoms with Gasteiger partial charge in [0.25, 0.3) is 5.91 Å². The number of thioether (sulfide) groups is 1. The standard InChI is InChI=1S/C24H25IN2O5S/c1-5-27-22(28)20(13-15-11-18(25)21(32-7-3)19(12-15)31-6-2)33-24(27)26-17-10-8-9-16(14-17)23(29)30-4/h8-14H,5-7H2,1-4H3. The number of nitrogens with zero attached hydrogens (tertiary/aromatic N) is 2. The molecule has 0 aromatic heterocycles. The highest BCUT2D eigenvalue weighted by Gasteiger charge is 2.32. The third-order valence-corrected chi connectivity index (χ3v) is 6.42. The van der Waals surface area contributed by atoms with E-state index in [4.69, 9.17) is 14.2 Å². The number of halogens is 1. The summed E-state index contributed by atoms with van der Waals surface area (Å²) in [6.07, 6.45) is 1.84. The molecule has 33 heavy (non-hydrogen) atoms. The van der Waals surface area contributed by atoms with Crippen LogP contribution in [0.4, 0.5) is 5.69 Å². The fourth-order valence-corrected chi connectivity index (χ4v) is 5.01. The van der Waals surface area contributed by atoms with E-state index in [1.165, 1.54) is 18.9 Å². The van der Waals surface area contributed by atoms with E-state index in [2.05, 4.69) is 27.6 Å². The molecule has 1 saturated heterocycles. The third-order valence-electron chi connectivity index (χ3n) is 4.61. The second-order valence-corrected chi connectivity index (χ2v) is 8.96. The maximum atomic E-state index is 13.1. The molecule has 0 atom stereocenters. The molecule has 1 fully saturated rings. The highest BCUT2D eigenvalue weighted by molar-refractivity contribution is 14.1. The summed E-state index contributed by atoms with van der Waals surface area (Å²) >= 11 is 3.51. The summed E-state index contributed by atoms with van der Waals surface area (Å²) in [4.78, 5) is 31.7. The number of amidine groups is 1. The second-order valence-electron chi connectivity index (χ2n) is 6.79. The van der Waals surface area contributed by atoms with Crippen molar-refractivity contribution in [3.63, 3.8) is 0 Å². The fourth-order valence-electron chi connectivity index (χ4n) is 3.17. The van der Waals surface area contributed by atoms with E-state index in [-0.39, 0.29) is 5.91 Å². The first kappa shape index (κ1) is 25.1. The first-order valence-corrected chi connectivity index (χ1v) is 12.4. The van der Waals surface area contributed by atoms with E-state index in [0.717, 1.165) is 9.13 Å². The molecule has 2 aromatic rings. The van der Waals surface area contributed by atoms with Gasteiger partial charge in [0.2, 0.25) is 0 Å². The van der Waals surface area contributed by atoms with Crippen LogP contribution in [0.1, 0.15) is 36.7 Å². The number of rotatable bonds is 8. The van der Waals surface area contributed by atoms with Gasteiger partial charge in [-0.15, -0.1) is 0 Å². The van der Waals surface area contributed by atoms with Gasteiger partial charge in [-0.05, 0) is 97.1 Å². The summed E-state index contributed by atoms with van der Waals surface area (Å²) in [6, 6.07) is 10.7. The van der Waals surface area contributed by atoms with Crippen molar-refractivity contribution in [2.24, 2.45) is 4.99 Å². The van der Waals surface area contributed by atoms with Gasteiger partial charge in [0.15, 0.2) is 16.7 Å². The van der Waals surface area contributed by atoms with E-state index in [9.17, 15) is 9.59 Å². The van der Waals surface area contributed by atoms with Crippen molar-refractivity contribution >= 4 is 63.2 Å². The predicted molar refractivity (Wildman–Crippen MR) is 139 cm³/mol. The molecule has 2 aromatic carbocycles. The van der Waals surface area contributed by atoms with E-state index in [1.807, 2.05) is 39.0 Å². The molecule has 0 bridgehead atoms. The monoisotopic (exact) mass is 580 g/mol. The first-order valence-electron chi connectivity index (χ1n) is 10.5. The zero-order valence-corrected chi connectivity index (χ0v) is 21.9. The molecule has 1 aliphatic heterocycles. The molecular weight excluding hydrogens is 555 g/mol. The van der Waals surface area contributed by atoms with Crippen LogP contribution in [-0.4, -0.2) is 48.8 Å². The Balaban J connectivity index is 1.96. The third kappa shape index (κ3) is 5.89. The van der Waals surface area contributed by atoms with Crippen LogP contribution in [0, 0.1) is 3.57 Å². The number of amides is 1. The van der Waals surface area contributed by atoms with Crippen molar-refractivity contribution < 1.29 is 23.8 Å². The molecule has 0 unspecified atom stereocenters. The molecule has 1 amide bonds. The number of esters is 1. The zero-order chi connectivity index (χ0) is 24.0. The normalized spacial score (nSPS) is 15.9. The average Bonchev–Trinajstić information content (AvgIpc) is 3.09. The van der Waals surface area contributed by atoms with Gasteiger partial charge in [0.05, 0.1) is 40.0 Å². The van der Waals surface area contributed by atoms with Crippen LogP contribution in [0.3, 0.4) is 0 Å². The van der Waals surface area contributed by atoms with Crippen LogP contribution in [-0.2, 0) is 9.53 Å². The van der Waals surface area contributed by atoms with E-state index < -0.39 is 5.97 Å². The summed E-state index contributed by atoms with van der Waals surface area (Å²) in [5.74, 6) is 0.799. The summed E-state index contributed by atoms with van der Waals surface area (Å²) in [7, 11) is 1.33. The summed E-state index contributed by atoms with van der Waals surface area (Å²) in [6.45, 7) is 7.26. The number of ether oxygens (including phenoxy) is 3. The van der Waals surface area contributed by atoms with Gasteiger partial charge in [-0.3, -0.25) is 9.69 Å². The van der Waals surface area contributed by atoms with Gasteiger partial charge < -0.3 is 14.2 Å². The van der Waals surface area contributed by atoms with Crippen molar-refractivity contribution in [1.29, 1.82) is 0 Å². The molecule has 9 heteroatoms. The lowest BCUT2D eigenvalue weighted by Gasteiger charge is -2.14. The van der Waals surface area contributed by atoms with Crippen molar-refractivity contribution in [3.05, 3.63) is 56.0 Å². The zero-order valence-electron chi connectivity index (χ0n) is 18.9. The number of methoxy groups -OCH3 is 1. The summed E-state index contributed by atoms with van der Waals surface area (Å²) in [5.41, 5.74) is 1.81. The van der Waals surface area contributed by atoms with Crippen LogP contribution in [0.15, 0.2) is 46.3 Å². The fraction of sp³-hybridized carbons (Fsp3) is 0.292. The lowest BCUT2D eigenvalue weighted by Crippen LogP contribution is -2.28. The number of likely N-dealkylation sites (N-methyl/N-ethyl adjacent to an activating group) is 1. The molecule has 0 N–H and O–H groups in total. The number of carbonyl (C=O) groups excluding carboxylic acids is 2. The first-order chi connectivity index (χ1) is 15.9. The minimum Gasteiger partial charge on any atom is -0.490 e. The largest absolute Gasteiger partial charge is 0.490 e. The Morgan fingerprint density at radius 3 is 2.58 bits per heavy atom. The van der Waals surface area contributed by atoms with E-state index >= 15 is 0 Å². The van der Waals surface area contributed by atoms with Crippen molar-refractivity contribution in [1.82, 2.24) is 4.90 Å². The van der Waals surface area contributed by atoms with Gasteiger partial charge in [-0.2, -0.15) is 0 Å². The number of benzene rings is 2. The Labute approximate surface area is 211 Å². The Hall–Kier alpha value is -2.53. The Bertz CT molecular complexity index is 1120. The quantitative estimate of drug-likeness (QED) is 0.233. The summed E-state index contributed by atoms with van der Waals surface area (Å²) < 4.78 is 17.2. The minimum absolute atomic E-state index is 0.118. The molecule has 7 nitrogen and oxygen atoms in total. The van der Waals surface area contributed by atoms with Gasteiger partial charge in [0, 0.05) is 6.54 Å². The van der Waals surface area contributed by atoms with Crippen LogP contribution < -0.4 is 9.47 Å². The average molecular weight is 580 g/mol. The van der Waals surface area contributed by atoms with E-state index in [0.29, 0.717) is 52.6 Å². The summed E-state index contributed by atoms with van der Waals surface area (Å²) in [5, 5.41) is 0.557. The topological polar surface area (TPSA) is 77.4 Å². The van der Waals surface area contributed by atoms with Crippen molar-refractivity contribution in [2.75, 3.05) is 26.9 Å². The highest BCUT2D eigenvalue weighted by Crippen LogP contribution is 2.38. The minimum atomic E-state index is -0.435. The molecule has 1 aliphatic rings. The Morgan fingerprint density at radius 2 is 1.91 bits per heavy atom. The van der Waals surface area contributed by atoms with Crippen LogP contribution in [0.25, 0.3) is 6.08 Å². The maximum Gasteiger partial charge on any atom is 0.337 e. The second kappa shape index (κ2) is 11.6. The number of hydrogen-bond acceptors (Lipinski definition) is 7. The van der Waals surface area contributed by atoms with Gasteiger partial charge in [0.1, 0.15) is 0 Å². The molecular formula is C24H25IN2O5S.